The van der Waals surface area contributed by atoms with Crippen molar-refractivity contribution in [1.29, 1.82) is 0 Å². The van der Waals surface area contributed by atoms with E-state index in [1.165, 1.54) is 0 Å². The number of ether oxygens (including phenoxy) is 1. The molecule has 1 amide bonds. The maximum Gasteiger partial charge on any atom is 0.254 e. The Kier molecular flexibility index (Phi) is 5.69. The molecule has 0 aliphatic carbocycles. The van der Waals surface area contributed by atoms with E-state index in [0.717, 1.165) is 19.3 Å². The molecule has 0 saturated heterocycles. The van der Waals surface area contributed by atoms with E-state index in [1.807, 2.05) is 0 Å². The number of hydrogen-bond acceptors (Lipinski definition) is 3. The summed E-state index contributed by atoms with van der Waals surface area (Å²) in [6, 6.07) is 0.0765. The lowest BCUT2D eigenvalue weighted by Crippen LogP contribution is -2.37. The van der Waals surface area contributed by atoms with Crippen LogP contribution in [0.1, 0.15) is 36.5 Å². The summed E-state index contributed by atoms with van der Waals surface area (Å²) in [5.74, 6) is -0.0868. The van der Waals surface area contributed by atoms with Gasteiger partial charge in [0.2, 0.25) is 0 Å². The molecule has 1 atom stereocenters. The third-order valence-electron chi connectivity index (χ3n) is 2.58. The molecule has 96 valence electrons. The third kappa shape index (κ3) is 4.56. The zero-order valence-electron chi connectivity index (χ0n) is 10.8. The number of methoxy groups -OCH3 is 1. The molecule has 0 fully saturated rings. The Morgan fingerprint density at radius 2 is 2.41 bits per heavy atom. The number of carbonyl (C=O) groups excluding carboxylic acids is 1. The van der Waals surface area contributed by atoms with Gasteiger partial charge >= 0.3 is 0 Å². The Morgan fingerprint density at radius 1 is 1.65 bits per heavy atom. The van der Waals surface area contributed by atoms with Gasteiger partial charge < -0.3 is 10.1 Å². The Labute approximate surface area is 102 Å². The van der Waals surface area contributed by atoms with Crippen LogP contribution in [-0.2, 0) is 11.8 Å². The fraction of sp³-hybridized carbons (Fsp3) is 0.667. The molecule has 1 aromatic rings. The van der Waals surface area contributed by atoms with Crippen molar-refractivity contribution >= 4 is 5.91 Å². The second kappa shape index (κ2) is 7.06. The average molecular weight is 239 g/mol. The molecule has 0 spiro atoms. The van der Waals surface area contributed by atoms with Gasteiger partial charge in [0, 0.05) is 20.4 Å². The molecular weight excluding hydrogens is 218 g/mol. The topological polar surface area (TPSA) is 56.1 Å². The SMILES string of the molecule is CCCC[C@@H](COC)NC(=O)c1cnn(C)c1. The van der Waals surface area contributed by atoms with E-state index >= 15 is 0 Å². The number of aromatic nitrogens is 2. The lowest BCUT2D eigenvalue weighted by molar-refractivity contribution is 0.0890. The first-order valence-electron chi connectivity index (χ1n) is 5.95. The van der Waals surface area contributed by atoms with Gasteiger partial charge in [-0.25, -0.2) is 0 Å². The second-order valence-corrected chi connectivity index (χ2v) is 4.17. The number of rotatable bonds is 7. The zero-order chi connectivity index (χ0) is 12.7. The molecule has 1 aromatic heterocycles. The van der Waals surface area contributed by atoms with Crippen molar-refractivity contribution in [3.05, 3.63) is 18.0 Å². The first kappa shape index (κ1) is 13.7. The fourth-order valence-corrected chi connectivity index (χ4v) is 1.66. The van der Waals surface area contributed by atoms with Crippen LogP contribution in [0.3, 0.4) is 0 Å². The van der Waals surface area contributed by atoms with Crippen molar-refractivity contribution in [1.82, 2.24) is 15.1 Å². The molecule has 0 saturated carbocycles. The lowest BCUT2D eigenvalue weighted by Gasteiger charge is -2.17. The van der Waals surface area contributed by atoms with Crippen LogP contribution in [-0.4, -0.2) is 35.4 Å². The number of nitrogens with zero attached hydrogens (tertiary/aromatic N) is 2. The van der Waals surface area contributed by atoms with Crippen molar-refractivity contribution < 1.29 is 9.53 Å². The van der Waals surface area contributed by atoms with Gasteiger partial charge in [-0.15, -0.1) is 0 Å². The van der Waals surface area contributed by atoms with Crippen molar-refractivity contribution in [2.24, 2.45) is 7.05 Å². The first-order valence-corrected chi connectivity index (χ1v) is 5.95. The van der Waals surface area contributed by atoms with Gasteiger partial charge in [-0.3, -0.25) is 9.48 Å². The van der Waals surface area contributed by atoms with Crippen LogP contribution in [0.4, 0.5) is 0 Å². The van der Waals surface area contributed by atoms with Crippen LogP contribution in [0.2, 0.25) is 0 Å². The number of unbranched alkanes of at least 4 members (excludes halogenated alkanes) is 1. The molecule has 0 aromatic carbocycles. The van der Waals surface area contributed by atoms with Crippen molar-refractivity contribution in [2.75, 3.05) is 13.7 Å². The molecule has 0 bridgehead atoms. The highest BCUT2D eigenvalue weighted by Crippen LogP contribution is 2.03. The minimum absolute atomic E-state index is 0.0765. The maximum atomic E-state index is 11.9. The van der Waals surface area contributed by atoms with Gasteiger partial charge in [-0.05, 0) is 6.42 Å². The van der Waals surface area contributed by atoms with Gasteiger partial charge in [-0.2, -0.15) is 5.10 Å². The third-order valence-corrected chi connectivity index (χ3v) is 2.58. The Bertz CT molecular complexity index is 349. The molecule has 1 rings (SSSR count). The summed E-state index contributed by atoms with van der Waals surface area (Å²) in [7, 11) is 3.44. The van der Waals surface area contributed by atoms with E-state index < -0.39 is 0 Å². The number of aryl methyl sites for hydroxylation is 1. The standard InChI is InChI=1S/C12H21N3O2/c1-4-5-6-11(9-17-3)14-12(16)10-7-13-15(2)8-10/h7-8,11H,4-6,9H2,1-3H3,(H,14,16)/t11-/m0/s1. The summed E-state index contributed by atoms with van der Waals surface area (Å²) < 4.78 is 6.72. The molecule has 1 N–H and O–H groups in total. The van der Waals surface area contributed by atoms with Crippen LogP contribution in [0, 0.1) is 0 Å². The molecule has 1 heterocycles. The van der Waals surface area contributed by atoms with Gasteiger partial charge in [0.1, 0.15) is 0 Å². The van der Waals surface area contributed by atoms with Crippen molar-refractivity contribution in [2.45, 2.75) is 32.2 Å². The summed E-state index contributed by atoms with van der Waals surface area (Å²) in [5, 5.41) is 6.94. The number of amides is 1. The van der Waals surface area contributed by atoms with E-state index in [1.54, 1.807) is 31.2 Å². The molecule has 5 nitrogen and oxygen atoms in total. The molecule has 0 aliphatic heterocycles. The van der Waals surface area contributed by atoms with Crippen LogP contribution in [0.15, 0.2) is 12.4 Å². The molecule has 0 aliphatic rings. The summed E-state index contributed by atoms with van der Waals surface area (Å²) in [4.78, 5) is 11.9. The minimum Gasteiger partial charge on any atom is -0.383 e. The van der Waals surface area contributed by atoms with E-state index in [9.17, 15) is 4.79 Å². The maximum absolute atomic E-state index is 11.9. The second-order valence-electron chi connectivity index (χ2n) is 4.17. The van der Waals surface area contributed by atoms with Crippen LogP contribution in [0.25, 0.3) is 0 Å². The Morgan fingerprint density at radius 3 is 2.94 bits per heavy atom. The van der Waals surface area contributed by atoms with Gasteiger partial charge in [0.15, 0.2) is 0 Å². The van der Waals surface area contributed by atoms with Gasteiger partial charge in [-0.1, -0.05) is 19.8 Å². The number of hydrogen-bond donors (Lipinski definition) is 1. The van der Waals surface area contributed by atoms with Crippen LogP contribution >= 0.6 is 0 Å². The molecule has 5 heteroatoms. The van der Waals surface area contributed by atoms with Crippen LogP contribution < -0.4 is 5.32 Å². The van der Waals surface area contributed by atoms with Gasteiger partial charge in [0.25, 0.3) is 5.91 Å². The molecule has 0 radical (unpaired) electrons. The average Bonchev–Trinajstić information content (AvgIpc) is 2.73. The lowest BCUT2D eigenvalue weighted by atomic mass is 10.1. The highest BCUT2D eigenvalue weighted by molar-refractivity contribution is 5.93. The molecule has 17 heavy (non-hydrogen) atoms. The molecule has 0 unspecified atom stereocenters. The monoisotopic (exact) mass is 239 g/mol. The number of carbonyl (C=O) groups is 1. The Balaban J connectivity index is 2.51. The quantitative estimate of drug-likeness (QED) is 0.781. The normalized spacial score (nSPS) is 12.4. The summed E-state index contributed by atoms with van der Waals surface area (Å²) in [5.41, 5.74) is 0.588. The molecular formula is C12H21N3O2. The van der Waals surface area contributed by atoms with E-state index in [2.05, 4.69) is 17.3 Å². The highest BCUT2D eigenvalue weighted by Gasteiger charge is 2.14. The van der Waals surface area contributed by atoms with Gasteiger partial charge in [0.05, 0.1) is 24.4 Å². The highest BCUT2D eigenvalue weighted by atomic mass is 16.5. The number of nitrogens with one attached hydrogen (secondary N) is 1. The predicted molar refractivity (Wildman–Crippen MR) is 65.9 cm³/mol. The smallest absolute Gasteiger partial charge is 0.254 e. The predicted octanol–water partition coefficient (Wildman–Crippen LogP) is 1.36. The van der Waals surface area contributed by atoms with E-state index in [0.29, 0.717) is 12.2 Å². The van der Waals surface area contributed by atoms with E-state index in [4.69, 9.17) is 4.74 Å². The fourth-order valence-electron chi connectivity index (χ4n) is 1.66. The largest absolute Gasteiger partial charge is 0.383 e. The summed E-state index contributed by atoms with van der Waals surface area (Å²) in [6.07, 6.45) is 6.42. The summed E-state index contributed by atoms with van der Waals surface area (Å²) in [6.45, 7) is 2.68. The minimum atomic E-state index is -0.0868. The zero-order valence-corrected chi connectivity index (χ0v) is 10.8. The summed E-state index contributed by atoms with van der Waals surface area (Å²) >= 11 is 0. The first-order chi connectivity index (χ1) is 8.17. The van der Waals surface area contributed by atoms with Crippen LogP contribution in [0.5, 0.6) is 0 Å². The van der Waals surface area contributed by atoms with Crippen molar-refractivity contribution in [3.8, 4) is 0 Å². The van der Waals surface area contributed by atoms with E-state index in [-0.39, 0.29) is 11.9 Å². The van der Waals surface area contributed by atoms with Crippen molar-refractivity contribution in [3.63, 3.8) is 0 Å². The Hall–Kier alpha value is -1.36.